The molecule has 2 unspecified atom stereocenters. The molecule has 1 heterocycles. The van der Waals surface area contributed by atoms with Gasteiger partial charge < -0.3 is 4.74 Å². The molecule has 1 nitrogen and oxygen atoms in total. The van der Waals surface area contributed by atoms with Gasteiger partial charge in [0.15, 0.2) is 0 Å². The fourth-order valence-electron chi connectivity index (χ4n) is 1.65. The van der Waals surface area contributed by atoms with Gasteiger partial charge in [-0.2, -0.15) is 0 Å². The summed E-state index contributed by atoms with van der Waals surface area (Å²) in [6.07, 6.45) is 1.04. The van der Waals surface area contributed by atoms with Crippen molar-refractivity contribution in [3.05, 3.63) is 29.8 Å². The van der Waals surface area contributed by atoms with Crippen LogP contribution in [0.1, 0.15) is 12.5 Å². The van der Waals surface area contributed by atoms with Gasteiger partial charge in [-0.05, 0) is 25.0 Å². The Morgan fingerprint density at radius 1 is 1.46 bits per heavy atom. The van der Waals surface area contributed by atoms with Gasteiger partial charge in [-0.25, -0.2) is 0 Å². The lowest BCUT2D eigenvalue weighted by molar-refractivity contribution is 0.220. The predicted molar refractivity (Wildman–Crippen MR) is 54.4 cm³/mol. The third kappa shape index (κ3) is 1.80. The number of ether oxygens (including phenoxy) is 1. The Morgan fingerprint density at radius 3 is 3.00 bits per heavy atom. The standard InChI is InChI=1S/C11H13ClO/c1-8(12)10-6-9-4-2-3-5-11(9)13-7-10/h2-5,8,10H,6-7H2,1H3. The molecule has 1 aromatic carbocycles. The van der Waals surface area contributed by atoms with Crippen molar-refractivity contribution in [3.8, 4) is 5.75 Å². The largest absolute Gasteiger partial charge is 0.493 e. The van der Waals surface area contributed by atoms with E-state index < -0.39 is 0 Å². The SMILES string of the molecule is CC(Cl)C1COc2ccccc2C1. The van der Waals surface area contributed by atoms with Crippen LogP contribution < -0.4 is 4.74 Å². The highest BCUT2D eigenvalue weighted by Crippen LogP contribution is 2.29. The number of alkyl halides is 1. The van der Waals surface area contributed by atoms with Gasteiger partial charge in [-0.1, -0.05) is 18.2 Å². The first-order valence-electron chi connectivity index (χ1n) is 4.62. The molecule has 0 saturated carbocycles. The van der Waals surface area contributed by atoms with E-state index in [-0.39, 0.29) is 5.38 Å². The fraction of sp³-hybridized carbons (Fsp3) is 0.455. The van der Waals surface area contributed by atoms with Gasteiger partial charge in [0.05, 0.1) is 6.61 Å². The minimum Gasteiger partial charge on any atom is -0.493 e. The maximum Gasteiger partial charge on any atom is 0.122 e. The third-order valence-corrected chi connectivity index (χ3v) is 2.91. The van der Waals surface area contributed by atoms with Crippen LogP contribution in [0.5, 0.6) is 5.75 Å². The van der Waals surface area contributed by atoms with Crippen LogP contribution >= 0.6 is 11.6 Å². The van der Waals surface area contributed by atoms with Crippen LogP contribution in [-0.2, 0) is 6.42 Å². The van der Waals surface area contributed by atoms with Gasteiger partial charge in [0.1, 0.15) is 5.75 Å². The monoisotopic (exact) mass is 196 g/mol. The molecule has 13 heavy (non-hydrogen) atoms. The first-order valence-corrected chi connectivity index (χ1v) is 5.06. The summed E-state index contributed by atoms with van der Waals surface area (Å²) in [5.74, 6) is 1.48. The highest BCUT2D eigenvalue weighted by atomic mass is 35.5. The smallest absolute Gasteiger partial charge is 0.122 e. The summed E-state index contributed by atoms with van der Waals surface area (Å²) in [6.45, 7) is 2.78. The van der Waals surface area contributed by atoms with E-state index >= 15 is 0 Å². The Balaban J connectivity index is 2.20. The highest BCUT2D eigenvalue weighted by molar-refractivity contribution is 6.20. The zero-order chi connectivity index (χ0) is 9.26. The van der Waals surface area contributed by atoms with Gasteiger partial charge in [0, 0.05) is 11.3 Å². The zero-order valence-corrected chi connectivity index (χ0v) is 8.42. The molecule has 1 aromatic rings. The highest BCUT2D eigenvalue weighted by Gasteiger charge is 2.22. The molecule has 0 aliphatic carbocycles. The third-order valence-electron chi connectivity index (χ3n) is 2.56. The maximum absolute atomic E-state index is 6.04. The molecule has 0 N–H and O–H groups in total. The second-order valence-corrected chi connectivity index (χ2v) is 4.25. The lowest BCUT2D eigenvalue weighted by atomic mass is 9.94. The molecule has 0 fully saturated rings. The molecule has 70 valence electrons. The van der Waals surface area contributed by atoms with Crippen LogP contribution in [0.4, 0.5) is 0 Å². The number of hydrogen-bond acceptors (Lipinski definition) is 1. The van der Waals surface area contributed by atoms with E-state index in [2.05, 4.69) is 6.07 Å². The average Bonchev–Trinajstić information content (AvgIpc) is 2.17. The Kier molecular flexibility index (Phi) is 2.45. The van der Waals surface area contributed by atoms with Crippen molar-refractivity contribution in [2.75, 3.05) is 6.61 Å². The van der Waals surface area contributed by atoms with Crippen molar-refractivity contribution in [1.82, 2.24) is 0 Å². The summed E-state index contributed by atoms with van der Waals surface area (Å²) < 4.78 is 5.61. The van der Waals surface area contributed by atoms with Crippen LogP contribution in [-0.4, -0.2) is 12.0 Å². The summed E-state index contributed by atoms with van der Waals surface area (Å²) >= 11 is 6.04. The van der Waals surface area contributed by atoms with Crippen LogP contribution in [0, 0.1) is 5.92 Å². The van der Waals surface area contributed by atoms with Crippen LogP contribution in [0.15, 0.2) is 24.3 Å². The van der Waals surface area contributed by atoms with E-state index in [0.717, 1.165) is 18.8 Å². The van der Waals surface area contributed by atoms with Crippen molar-refractivity contribution in [3.63, 3.8) is 0 Å². The van der Waals surface area contributed by atoms with E-state index in [1.54, 1.807) is 0 Å². The minimum atomic E-state index is 0.188. The van der Waals surface area contributed by atoms with Crippen molar-refractivity contribution in [2.24, 2.45) is 5.92 Å². The van der Waals surface area contributed by atoms with E-state index in [1.807, 2.05) is 25.1 Å². The Morgan fingerprint density at radius 2 is 2.23 bits per heavy atom. The van der Waals surface area contributed by atoms with Crippen molar-refractivity contribution < 1.29 is 4.74 Å². The molecule has 1 aliphatic rings. The summed E-state index contributed by atoms with van der Waals surface area (Å²) in [5.41, 5.74) is 1.28. The molecular formula is C11H13ClO. The predicted octanol–water partition coefficient (Wildman–Crippen LogP) is 2.87. The van der Waals surface area contributed by atoms with Crippen LogP contribution in [0.25, 0.3) is 0 Å². The molecule has 2 atom stereocenters. The Labute approximate surface area is 83.7 Å². The van der Waals surface area contributed by atoms with E-state index in [9.17, 15) is 0 Å². The zero-order valence-electron chi connectivity index (χ0n) is 7.66. The summed E-state index contributed by atoms with van der Waals surface area (Å²) in [5, 5.41) is 0.188. The van der Waals surface area contributed by atoms with E-state index in [0.29, 0.717) is 5.92 Å². The number of benzene rings is 1. The van der Waals surface area contributed by atoms with Gasteiger partial charge >= 0.3 is 0 Å². The first kappa shape index (κ1) is 8.89. The van der Waals surface area contributed by atoms with Crippen molar-refractivity contribution in [1.29, 1.82) is 0 Å². The quantitative estimate of drug-likeness (QED) is 0.628. The molecule has 0 aromatic heterocycles. The molecule has 2 rings (SSSR count). The Hall–Kier alpha value is -0.690. The molecule has 0 spiro atoms. The fourth-order valence-corrected chi connectivity index (χ4v) is 1.81. The molecule has 0 bridgehead atoms. The van der Waals surface area contributed by atoms with Crippen molar-refractivity contribution >= 4 is 11.6 Å². The van der Waals surface area contributed by atoms with Gasteiger partial charge in [0.25, 0.3) is 0 Å². The molecule has 0 amide bonds. The van der Waals surface area contributed by atoms with E-state index in [4.69, 9.17) is 16.3 Å². The van der Waals surface area contributed by atoms with E-state index in [1.165, 1.54) is 5.56 Å². The van der Waals surface area contributed by atoms with Gasteiger partial charge in [0.2, 0.25) is 0 Å². The summed E-state index contributed by atoms with van der Waals surface area (Å²) in [7, 11) is 0. The summed E-state index contributed by atoms with van der Waals surface area (Å²) in [4.78, 5) is 0. The normalized spacial score (nSPS) is 23.1. The van der Waals surface area contributed by atoms with Gasteiger partial charge in [-0.15, -0.1) is 11.6 Å². The number of fused-ring (bicyclic) bond motifs is 1. The van der Waals surface area contributed by atoms with Crippen LogP contribution in [0.2, 0.25) is 0 Å². The molecule has 2 heteroatoms. The average molecular weight is 197 g/mol. The molecular weight excluding hydrogens is 184 g/mol. The van der Waals surface area contributed by atoms with Crippen LogP contribution in [0.3, 0.4) is 0 Å². The minimum absolute atomic E-state index is 0.188. The molecule has 0 saturated heterocycles. The van der Waals surface area contributed by atoms with Gasteiger partial charge in [-0.3, -0.25) is 0 Å². The lowest BCUT2D eigenvalue weighted by Gasteiger charge is -2.26. The topological polar surface area (TPSA) is 9.23 Å². The number of halogens is 1. The number of para-hydroxylation sites is 1. The Bertz CT molecular complexity index is 296. The number of rotatable bonds is 1. The second-order valence-electron chi connectivity index (χ2n) is 3.56. The lowest BCUT2D eigenvalue weighted by Crippen LogP contribution is -2.26. The maximum atomic E-state index is 6.04. The molecule has 0 radical (unpaired) electrons. The second kappa shape index (κ2) is 3.59. The van der Waals surface area contributed by atoms with Crippen molar-refractivity contribution in [2.45, 2.75) is 18.7 Å². The molecule has 1 aliphatic heterocycles. The first-order chi connectivity index (χ1) is 6.27. The summed E-state index contributed by atoms with van der Waals surface area (Å²) in [6, 6.07) is 8.18. The number of hydrogen-bond donors (Lipinski definition) is 0.